The number of halogens is 1. The second-order valence-corrected chi connectivity index (χ2v) is 5.23. The van der Waals surface area contributed by atoms with Crippen molar-refractivity contribution in [2.75, 3.05) is 11.9 Å². The Balaban J connectivity index is 2.31. The lowest BCUT2D eigenvalue weighted by Gasteiger charge is -2.13. The average molecular weight is 307 g/mol. The van der Waals surface area contributed by atoms with Crippen LogP contribution in [0.15, 0.2) is 12.1 Å². The van der Waals surface area contributed by atoms with Crippen LogP contribution in [0.3, 0.4) is 0 Å². The molecule has 0 atom stereocenters. The molecule has 6 heteroatoms. The number of rotatable bonds is 5. The smallest absolute Gasteiger partial charge is 0.328 e. The third kappa shape index (κ3) is 3.82. The quantitative estimate of drug-likeness (QED) is 0.902. The summed E-state index contributed by atoms with van der Waals surface area (Å²) < 4.78 is 5.84. The van der Waals surface area contributed by atoms with Crippen molar-refractivity contribution in [1.29, 1.82) is 0 Å². The lowest BCUT2D eigenvalue weighted by atomic mass is 10.1. The van der Waals surface area contributed by atoms with Gasteiger partial charge in [-0.05, 0) is 55.5 Å². The zero-order chi connectivity index (χ0) is 15.4. The summed E-state index contributed by atoms with van der Waals surface area (Å²) in [5, 5.41) is 3.19. The molecule has 0 spiro atoms. The van der Waals surface area contributed by atoms with Crippen molar-refractivity contribution in [3.05, 3.63) is 34.1 Å². The fourth-order valence-electron chi connectivity index (χ4n) is 1.87. The van der Waals surface area contributed by atoms with Crippen LogP contribution < -0.4 is 10.1 Å². The molecular weight excluding hydrogens is 288 g/mol. The van der Waals surface area contributed by atoms with Crippen LogP contribution in [-0.2, 0) is 0 Å². The van der Waals surface area contributed by atoms with Gasteiger partial charge in [0.05, 0.1) is 0 Å². The number of hydrogen-bond donors (Lipinski definition) is 1. The summed E-state index contributed by atoms with van der Waals surface area (Å²) in [6.45, 7) is 8.86. The Morgan fingerprint density at radius 2 is 1.81 bits per heavy atom. The molecule has 0 bridgehead atoms. The van der Waals surface area contributed by atoms with E-state index in [-0.39, 0.29) is 11.3 Å². The second-order valence-electron chi connectivity index (χ2n) is 4.89. The zero-order valence-corrected chi connectivity index (χ0v) is 13.5. The van der Waals surface area contributed by atoms with Crippen LogP contribution in [0.2, 0.25) is 5.28 Å². The van der Waals surface area contributed by atoms with Gasteiger partial charge in [-0.1, -0.05) is 19.1 Å². The van der Waals surface area contributed by atoms with Crippen LogP contribution in [0.4, 0.5) is 5.95 Å². The average Bonchev–Trinajstić information content (AvgIpc) is 2.45. The maximum atomic E-state index is 5.92. The van der Waals surface area contributed by atoms with Crippen molar-refractivity contribution in [1.82, 2.24) is 15.0 Å². The largest absolute Gasteiger partial charge is 0.424 e. The first-order valence-electron chi connectivity index (χ1n) is 6.91. The molecule has 0 fully saturated rings. The van der Waals surface area contributed by atoms with E-state index in [1.54, 1.807) is 0 Å². The summed E-state index contributed by atoms with van der Waals surface area (Å²) in [6, 6.07) is 4.27. The van der Waals surface area contributed by atoms with Gasteiger partial charge < -0.3 is 10.1 Å². The minimum absolute atomic E-state index is 0.113. The van der Waals surface area contributed by atoms with E-state index >= 15 is 0 Å². The van der Waals surface area contributed by atoms with Crippen LogP contribution in [0.1, 0.15) is 30.0 Å². The molecule has 1 aromatic carbocycles. The van der Waals surface area contributed by atoms with Crippen molar-refractivity contribution in [3.63, 3.8) is 0 Å². The topological polar surface area (TPSA) is 59.9 Å². The minimum Gasteiger partial charge on any atom is -0.424 e. The summed E-state index contributed by atoms with van der Waals surface area (Å²) in [7, 11) is 0. The van der Waals surface area contributed by atoms with Gasteiger partial charge in [-0.3, -0.25) is 0 Å². The maximum absolute atomic E-state index is 5.92. The molecular formula is C15H19ClN4O. The first kappa shape index (κ1) is 15.5. The normalized spacial score (nSPS) is 10.5. The molecule has 0 amide bonds. The van der Waals surface area contributed by atoms with Crippen LogP contribution >= 0.6 is 11.6 Å². The van der Waals surface area contributed by atoms with Gasteiger partial charge in [-0.2, -0.15) is 15.0 Å². The van der Waals surface area contributed by atoms with Gasteiger partial charge in [0.2, 0.25) is 11.2 Å². The van der Waals surface area contributed by atoms with E-state index in [9.17, 15) is 0 Å². The van der Waals surface area contributed by atoms with Crippen molar-refractivity contribution in [2.24, 2.45) is 0 Å². The Labute approximate surface area is 129 Å². The van der Waals surface area contributed by atoms with Crippen molar-refractivity contribution in [2.45, 2.75) is 34.1 Å². The van der Waals surface area contributed by atoms with Crippen LogP contribution in [-0.4, -0.2) is 21.5 Å². The number of nitrogens with one attached hydrogen (secondary N) is 1. The molecule has 1 aromatic heterocycles. The molecule has 0 aliphatic heterocycles. The van der Waals surface area contributed by atoms with Crippen LogP contribution in [0.25, 0.3) is 0 Å². The molecule has 0 aliphatic rings. The van der Waals surface area contributed by atoms with Crippen molar-refractivity contribution < 1.29 is 4.74 Å². The maximum Gasteiger partial charge on any atom is 0.328 e. The molecule has 0 aliphatic carbocycles. The molecule has 0 saturated heterocycles. The van der Waals surface area contributed by atoms with Gasteiger partial charge in [-0.25, -0.2) is 0 Å². The first-order valence-corrected chi connectivity index (χ1v) is 7.29. The monoisotopic (exact) mass is 306 g/mol. The van der Waals surface area contributed by atoms with Gasteiger partial charge in [-0.15, -0.1) is 0 Å². The molecule has 5 nitrogen and oxygen atoms in total. The summed E-state index contributed by atoms with van der Waals surface area (Å²) in [5.41, 5.74) is 3.24. The molecule has 0 saturated carbocycles. The van der Waals surface area contributed by atoms with Gasteiger partial charge in [0.15, 0.2) is 0 Å². The lowest BCUT2D eigenvalue weighted by Crippen LogP contribution is -2.07. The van der Waals surface area contributed by atoms with Gasteiger partial charge >= 0.3 is 6.01 Å². The van der Waals surface area contributed by atoms with E-state index in [2.05, 4.69) is 33.3 Å². The van der Waals surface area contributed by atoms with E-state index in [0.717, 1.165) is 35.4 Å². The Hall–Kier alpha value is -1.88. The van der Waals surface area contributed by atoms with Gasteiger partial charge in [0.1, 0.15) is 5.75 Å². The number of hydrogen-bond acceptors (Lipinski definition) is 5. The first-order chi connectivity index (χ1) is 10.0. The third-order valence-corrected chi connectivity index (χ3v) is 3.36. The standard InChI is InChI=1S/C15H19ClN4O/c1-5-8-17-14-18-13(16)19-15(20-14)21-12-10(3)7-6-9(2)11(12)4/h6-7H,5,8H2,1-4H3,(H,17,18,19,20). The van der Waals surface area contributed by atoms with E-state index in [1.165, 1.54) is 0 Å². The molecule has 1 heterocycles. The number of aryl methyl sites for hydroxylation is 2. The highest BCUT2D eigenvalue weighted by molar-refractivity contribution is 6.28. The summed E-state index contributed by atoms with van der Waals surface area (Å²) in [4.78, 5) is 12.3. The Bertz CT molecular complexity index is 646. The van der Waals surface area contributed by atoms with Crippen LogP contribution in [0, 0.1) is 20.8 Å². The van der Waals surface area contributed by atoms with Crippen molar-refractivity contribution in [3.8, 4) is 11.8 Å². The molecule has 112 valence electrons. The zero-order valence-electron chi connectivity index (χ0n) is 12.7. The predicted octanol–water partition coefficient (Wildman–Crippen LogP) is 4.06. The molecule has 1 N–H and O–H groups in total. The van der Waals surface area contributed by atoms with Crippen molar-refractivity contribution >= 4 is 17.5 Å². The van der Waals surface area contributed by atoms with Gasteiger partial charge in [0, 0.05) is 6.54 Å². The lowest BCUT2D eigenvalue weighted by molar-refractivity contribution is 0.433. The minimum atomic E-state index is 0.113. The Morgan fingerprint density at radius 1 is 1.10 bits per heavy atom. The molecule has 2 rings (SSSR count). The number of benzene rings is 1. The number of nitrogens with zero attached hydrogens (tertiary/aromatic N) is 3. The fourth-order valence-corrected chi connectivity index (χ4v) is 2.02. The SMILES string of the molecule is CCCNc1nc(Cl)nc(Oc2c(C)ccc(C)c2C)n1. The fraction of sp³-hybridized carbons (Fsp3) is 0.400. The number of anilines is 1. The van der Waals surface area contributed by atoms with E-state index in [4.69, 9.17) is 16.3 Å². The summed E-state index contributed by atoms with van der Waals surface area (Å²) in [6.07, 6.45) is 0.968. The number of aromatic nitrogens is 3. The molecule has 0 unspecified atom stereocenters. The predicted molar refractivity (Wildman–Crippen MR) is 84.3 cm³/mol. The third-order valence-electron chi connectivity index (χ3n) is 3.19. The Kier molecular flexibility index (Phi) is 4.96. The Morgan fingerprint density at radius 3 is 2.52 bits per heavy atom. The van der Waals surface area contributed by atoms with E-state index in [1.807, 2.05) is 26.8 Å². The summed E-state index contributed by atoms with van der Waals surface area (Å²) in [5.74, 6) is 1.19. The second kappa shape index (κ2) is 6.72. The van der Waals surface area contributed by atoms with Crippen LogP contribution in [0.5, 0.6) is 11.8 Å². The molecule has 2 aromatic rings. The highest BCUT2D eigenvalue weighted by atomic mass is 35.5. The highest BCUT2D eigenvalue weighted by Gasteiger charge is 2.11. The number of ether oxygens (including phenoxy) is 1. The molecule has 0 radical (unpaired) electrons. The van der Waals surface area contributed by atoms with E-state index in [0.29, 0.717) is 5.95 Å². The summed E-state index contributed by atoms with van der Waals surface area (Å²) >= 11 is 5.92. The van der Waals surface area contributed by atoms with E-state index < -0.39 is 0 Å². The highest BCUT2D eigenvalue weighted by Crippen LogP contribution is 2.29. The van der Waals surface area contributed by atoms with Gasteiger partial charge in [0.25, 0.3) is 0 Å². The molecule has 21 heavy (non-hydrogen) atoms.